The van der Waals surface area contributed by atoms with E-state index in [9.17, 15) is 0 Å². The maximum Gasteiger partial charge on any atom is -0.0132 e. The first-order chi connectivity index (χ1) is 12.4. The smallest absolute Gasteiger partial charge is 0.0132 e. The predicted octanol–water partition coefficient (Wildman–Crippen LogP) is 7.11. The third-order valence-electron chi connectivity index (χ3n) is 7.38. The van der Waals surface area contributed by atoms with Crippen LogP contribution in [0.4, 0.5) is 0 Å². The maximum absolute atomic E-state index is 2.40. The van der Waals surface area contributed by atoms with Gasteiger partial charge in [-0.25, -0.2) is 0 Å². The van der Waals surface area contributed by atoms with Crippen molar-refractivity contribution in [3.63, 3.8) is 0 Å². The van der Waals surface area contributed by atoms with Crippen LogP contribution < -0.4 is 0 Å². The van der Waals surface area contributed by atoms with Crippen LogP contribution in [0.5, 0.6) is 0 Å². The molecule has 0 radical (unpaired) electrons. The fourth-order valence-electron chi connectivity index (χ4n) is 5.46. The van der Waals surface area contributed by atoms with Gasteiger partial charge >= 0.3 is 0 Å². The van der Waals surface area contributed by atoms with Crippen LogP contribution in [0.2, 0.25) is 0 Å². The minimum Gasteiger partial charge on any atom is -0.0622 e. The van der Waals surface area contributed by atoms with Gasteiger partial charge in [0.2, 0.25) is 0 Å². The van der Waals surface area contributed by atoms with Gasteiger partial charge in [-0.3, -0.25) is 0 Å². The molecule has 3 saturated carbocycles. The molecule has 5 rings (SSSR count). The lowest BCUT2D eigenvalue weighted by Crippen LogP contribution is -2.43. The van der Waals surface area contributed by atoms with E-state index in [1.54, 1.807) is 11.1 Å². The van der Waals surface area contributed by atoms with Gasteiger partial charge in [0.05, 0.1) is 0 Å². The van der Waals surface area contributed by atoms with Crippen molar-refractivity contribution in [2.75, 3.05) is 0 Å². The molecule has 0 aromatic heterocycles. The highest BCUT2D eigenvalue weighted by Gasteiger charge is 2.48. The molecule has 0 heteroatoms. The Kier molecular flexibility index (Phi) is 4.49. The number of hydrogen-bond donors (Lipinski definition) is 0. The van der Waals surface area contributed by atoms with Crippen LogP contribution >= 0.6 is 0 Å². The first-order valence-electron chi connectivity index (χ1n) is 10.5. The standard InChI is InChI=1S/C26H34/c1-24(2,3)23-11-9-22(10-12-23)20-26-16-13-25(14-17-26,15-18-26)19-21-7-5-4-6-8-21/h4-12H,13-20H2,1-3H3. The number of fused-ring (bicyclic) bond motifs is 3. The summed E-state index contributed by atoms with van der Waals surface area (Å²) >= 11 is 0. The van der Waals surface area contributed by atoms with Crippen molar-refractivity contribution in [2.45, 2.75) is 77.6 Å². The van der Waals surface area contributed by atoms with Crippen LogP contribution in [0, 0.1) is 10.8 Å². The summed E-state index contributed by atoms with van der Waals surface area (Å²) in [6, 6.07) is 20.7. The van der Waals surface area contributed by atoms with E-state index in [1.165, 1.54) is 56.9 Å². The Morgan fingerprint density at radius 3 is 1.46 bits per heavy atom. The predicted molar refractivity (Wildman–Crippen MR) is 112 cm³/mol. The summed E-state index contributed by atoms with van der Waals surface area (Å²) in [5, 5.41) is 0. The molecule has 2 aromatic rings. The molecule has 0 heterocycles. The summed E-state index contributed by atoms with van der Waals surface area (Å²) in [4.78, 5) is 0. The van der Waals surface area contributed by atoms with E-state index in [1.807, 2.05) is 0 Å². The van der Waals surface area contributed by atoms with Gasteiger partial charge in [0.15, 0.2) is 0 Å². The zero-order chi connectivity index (χ0) is 18.3. The highest BCUT2D eigenvalue weighted by Crippen LogP contribution is 2.59. The van der Waals surface area contributed by atoms with Crippen LogP contribution in [0.25, 0.3) is 0 Å². The zero-order valence-corrected chi connectivity index (χ0v) is 16.9. The number of hydrogen-bond acceptors (Lipinski definition) is 0. The monoisotopic (exact) mass is 346 g/mol. The lowest BCUT2D eigenvalue weighted by Gasteiger charge is -2.54. The van der Waals surface area contributed by atoms with Crippen LogP contribution in [0.1, 0.15) is 76.0 Å². The lowest BCUT2D eigenvalue weighted by atomic mass is 9.51. The summed E-state index contributed by atoms with van der Waals surface area (Å²) in [5.74, 6) is 0. The second-order valence-corrected chi connectivity index (χ2v) is 10.3. The average Bonchev–Trinajstić information content (AvgIpc) is 2.64. The molecule has 0 saturated heterocycles. The summed E-state index contributed by atoms with van der Waals surface area (Å²) in [7, 11) is 0. The van der Waals surface area contributed by atoms with Gasteiger partial charge in [0, 0.05) is 0 Å². The van der Waals surface area contributed by atoms with Crippen molar-refractivity contribution in [2.24, 2.45) is 10.8 Å². The van der Waals surface area contributed by atoms with Crippen molar-refractivity contribution in [1.82, 2.24) is 0 Å². The van der Waals surface area contributed by atoms with E-state index in [0.717, 1.165) is 0 Å². The Bertz CT molecular complexity index is 705. The summed E-state index contributed by atoms with van der Waals surface area (Å²) in [5.41, 5.74) is 5.98. The summed E-state index contributed by atoms with van der Waals surface area (Å²) < 4.78 is 0. The topological polar surface area (TPSA) is 0 Å². The van der Waals surface area contributed by atoms with Crippen molar-refractivity contribution >= 4 is 0 Å². The molecule has 2 aromatic carbocycles. The molecule has 0 spiro atoms. The molecule has 0 aliphatic heterocycles. The fourth-order valence-corrected chi connectivity index (χ4v) is 5.46. The van der Waals surface area contributed by atoms with E-state index in [0.29, 0.717) is 10.8 Å². The van der Waals surface area contributed by atoms with Gasteiger partial charge in [0.25, 0.3) is 0 Å². The van der Waals surface area contributed by atoms with E-state index in [-0.39, 0.29) is 5.41 Å². The number of rotatable bonds is 4. The Morgan fingerprint density at radius 2 is 1.04 bits per heavy atom. The molecule has 26 heavy (non-hydrogen) atoms. The van der Waals surface area contributed by atoms with Crippen LogP contribution in [-0.2, 0) is 18.3 Å². The Morgan fingerprint density at radius 1 is 0.615 bits per heavy atom. The maximum atomic E-state index is 2.40. The normalized spacial score (nSPS) is 28.3. The average molecular weight is 347 g/mol. The Balaban J connectivity index is 1.42. The largest absolute Gasteiger partial charge is 0.0622 e. The quantitative estimate of drug-likeness (QED) is 0.553. The molecule has 0 nitrogen and oxygen atoms in total. The Hall–Kier alpha value is -1.56. The number of benzene rings is 2. The van der Waals surface area contributed by atoms with Gasteiger partial charge in [-0.15, -0.1) is 0 Å². The highest BCUT2D eigenvalue weighted by atomic mass is 14.5. The molecule has 138 valence electrons. The second-order valence-electron chi connectivity index (χ2n) is 10.3. The SMILES string of the molecule is CC(C)(C)c1ccc(CC23CCC(Cc4ccccc4)(CC2)CC3)cc1. The molecular weight excluding hydrogens is 312 g/mol. The molecule has 0 N–H and O–H groups in total. The van der Waals surface area contributed by atoms with Crippen molar-refractivity contribution in [3.8, 4) is 0 Å². The Labute approximate surface area is 160 Å². The molecule has 0 unspecified atom stereocenters. The summed E-state index contributed by atoms with van der Waals surface area (Å²) in [6.07, 6.45) is 11.2. The van der Waals surface area contributed by atoms with Gasteiger partial charge in [-0.2, -0.15) is 0 Å². The van der Waals surface area contributed by atoms with Gasteiger partial charge in [0.1, 0.15) is 0 Å². The van der Waals surface area contributed by atoms with Crippen molar-refractivity contribution < 1.29 is 0 Å². The molecule has 3 aliphatic rings. The van der Waals surface area contributed by atoms with E-state index >= 15 is 0 Å². The fraction of sp³-hybridized carbons (Fsp3) is 0.538. The molecule has 0 atom stereocenters. The molecular formula is C26H34. The first kappa shape index (κ1) is 17.8. The molecule has 3 fully saturated rings. The molecule has 2 bridgehead atoms. The second kappa shape index (κ2) is 6.55. The highest BCUT2D eigenvalue weighted by molar-refractivity contribution is 5.28. The molecule has 0 amide bonds. The van der Waals surface area contributed by atoms with Gasteiger partial charge in [-0.05, 0) is 84.3 Å². The van der Waals surface area contributed by atoms with Crippen molar-refractivity contribution in [3.05, 3.63) is 71.3 Å². The zero-order valence-electron chi connectivity index (χ0n) is 16.9. The lowest BCUT2D eigenvalue weighted by molar-refractivity contribution is -0.00837. The van der Waals surface area contributed by atoms with Crippen LogP contribution in [0.15, 0.2) is 54.6 Å². The molecule has 3 aliphatic carbocycles. The van der Waals surface area contributed by atoms with Crippen molar-refractivity contribution in [1.29, 1.82) is 0 Å². The summed E-state index contributed by atoms with van der Waals surface area (Å²) in [6.45, 7) is 6.90. The van der Waals surface area contributed by atoms with Crippen LogP contribution in [0.3, 0.4) is 0 Å². The minimum atomic E-state index is 0.254. The minimum absolute atomic E-state index is 0.254. The van der Waals surface area contributed by atoms with Gasteiger partial charge in [-0.1, -0.05) is 75.4 Å². The first-order valence-corrected chi connectivity index (χ1v) is 10.5. The van der Waals surface area contributed by atoms with Gasteiger partial charge < -0.3 is 0 Å². The third-order valence-corrected chi connectivity index (χ3v) is 7.38. The van der Waals surface area contributed by atoms with E-state index in [4.69, 9.17) is 0 Å². The van der Waals surface area contributed by atoms with E-state index in [2.05, 4.69) is 75.4 Å². The van der Waals surface area contributed by atoms with Crippen LogP contribution in [-0.4, -0.2) is 0 Å². The third kappa shape index (κ3) is 3.61. The van der Waals surface area contributed by atoms with E-state index < -0.39 is 0 Å².